The molecule has 0 aliphatic heterocycles. The minimum absolute atomic E-state index is 0.102. The van der Waals surface area contributed by atoms with E-state index in [1.807, 2.05) is 0 Å². The van der Waals surface area contributed by atoms with Crippen LogP contribution in [0.4, 0.5) is 4.39 Å². The van der Waals surface area contributed by atoms with Crippen LogP contribution in [0.25, 0.3) is 0 Å². The molecule has 0 radical (unpaired) electrons. The lowest BCUT2D eigenvalue weighted by atomic mass is 10.0. The Kier molecular flexibility index (Phi) is 2.06. The van der Waals surface area contributed by atoms with Crippen LogP contribution in [0.5, 0.6) is 0 Å². The average molecular weight is 143 g/mol. The molecule has 0 aromatic carbocycles. The van der Waals surface area contributed by atoms with E-state index < -0.39 is 6.17 Å². The number of hydrogen-bond donors (Lipinski definition) is 2. The summed E-state index contributed by atoms with van der Waals surface area (Å²) in [4.78, 5) is 0. The van der Waals surface area contributed by atoms with E-state index in [2.05, 4.69) is 0 Å². The van der Waals surface area contributed by atoms with Crippen molar-refractivity contribution in [1.29, 1.82) is 0 Å². The Morgan fingerprint density at radius 3 is 3.00 bits per heavy atom. The van der Waals surface area contributed by atoms with Gasteiger partial charge in [-0.1, -0.05) is 6.08 Å². The Hall–Kier alpha value is -0.830. The first-order valence-corrected chi connectivity index (χ1v) is 3.14. The molecule has 10 heavy (non-hydrogen) atoms. The molecule has 1 aliphatic rings. The summed E-state index contributed by atoms with van der Waals surface area (Å²) in [6.07, 6.45) is 2.17. The fourth-order valence-electron chi connectivity index (χ4n) is 0.891. The zero-order chi connectivity index (χ0) is 7.56. The zero-order valence-electron chi connectivity index (χ0n) is 5.55. The first-order valence-electron chi connectivity index (χ1n) is 3.14. The van der Waals surface area contributed by atoms with Gasteiger partial charge in [-0.05, 0) is 11.6 Å². The smallest absolute Gasteiger partial charge is 0.124 e. The van der Waals surface area contributed by atoms with Crippen molar-refractivity contribution in [3.8, 4) is 0 Å². The van der Waals surface area contributed by atoms with Gasteiger partial charge in [0.2, 0.25) is 0 Å². The van der Waals surface area contributed by atoms with Crippen molar-refractivity contribution in [2.45, 2.75) is 12.6 Å². The van der Waals surface area contributed by atoms with Crippen LogP contribution >= 0.6 is 0 Å². The van der Waals surface area contributed by atoms with Gasteiger partial charge in [0.25, 0.3) is 0 Å². The Morgan fingerprint density at radius 1 is 1.80 bits per heavy atom. The van der Waals surface area contributed by atoms with Crippen molar-refractivity contribution in [3.63, 3.8) is 0 Å². The van der Waals surface area contributed by atoms with Crippen LogP contribution in [0.1, 0.15) is 6.42 Å². The summed E-state index contributed by atoms with van der Waals surface area (Å²) in [6, 6.07) is 0. The molecule has 0 saturated carbocycles. The zero-order valence-corrected chi connectivity index (χ0v) is 5.55. The van der Waals surface area contributed by atoms with Gasteiger partial charge in [-0.3, -0.25) is 0 Å². The molecule has 0 heterocycles. The second kappa shape index (κ2) is 2.84. The predicted molar refractivity (Wildman–Crippen MR) is 37.0 cm³/mol. The van der Waals surface area contributed by atoms with Crippen molar-refractivity contribution in [2.24, 2.45) is 5.73 Å². The molecule has 0 aromatic rings. The maximum absolute atomic E-state index is 12.5. The fourth-order valence-corrected chi connectivity index (χ4v) is 0.891. The molecular weight excluding hydrogens is 133 g/mol. The Labute approximate surface area is 58.8 Å². The standard InChI is InChI=1S/C7H10FNO/c8-6-2-1-5(4-10)7(9)3-6/h1-2,6,10H,3-4,9H2. The van der Waals surface area contributed by atoms with Gasteiger partial charge in [0.1, 0.15) is 6.17 Å². The molecule has 1 rings (SSSR count). The molecule has 0 saturated heterocycles. The molecule has 0 spiro atoms. The number of allylic oxidation sites excluding steroid dienone is 2. The third-order valence-corrected chi connectivity index (χ3v) is 1.50. The maximum atomic E-state index is 12.5. The average Bonchev–Trinajstić information content (AvgIpc) is 1.88. The van der Waals surface area contributed by atoms with Gasteiger partial charge in [-0.25, -0.2) is 4.39 Å². The van der Waals surface area contributed by atoms with Gasteiger partial charge in [0, 0.05) is 12.1 Å². The van der Waals surface area contributed by atoms with E-state index in [1.165, 1.54) is 12.2 Å². The molecule has 56 valence electrons. The highest BCUT2D eigenvalue weighted by atomic mass is 19.1. The van der Waals surface area contributed by atoms with E-state index in [4.69, 9.17) is 10.8 Å². The van der Waals surface area contributed by atoms with Crippen LogP contribution in [0, 0.1) is 0 Å². The lowest BCUT2D eigenvalue weighted by Crippen LogP contribution is -2.13. The second-order valence-electron chi connectivity index (χ2n) is 2.29. The number of rotatable bonds is 1. The summed E-state index contributed by atoms with van der Waals surface area (Å²) in [5, 5.41) is 8.64. The molecule has 1 unspecified atom stereocenters. The summed E-state index contributed by atoms with van der Waals surface area (Å²) in [5.41, 5.74) is 6.50. The number of halogens is 1. The van der Waals surface area contributed by atoms with E-state index >= 15 is 0 Å². The van der Waals surface area contributed by atoms with Gasteiger partial charge in [-0.2, -0.15) is 0 Å². The Balaban J connectivity index is 2.73. The van der Waals surface area contributed by atoms with Crippen molar-refractivity contribution < 1.29 is 9.50 Å². The van der Waals surface area contributed by atoms with Gasteiger partial charge in [0.15, 0.2) is 0 Å². The quantitative estimate of drug-likeness (QED) is 0.561. The maximum Gasteiger partial charge on any atom is 0.124 e. The minimum Gasteiger partial charge on any atom is -0.402 e. The number of aliphatic hydroxyl groups excluding tert-OH is 1. The summed E-state index contributed by atoms with van der Waals surface area (Å²) in [5.74, 6) is 0. The number of hydrogen-bond acceptors (Lipinski definition) is 2. The largest absolute Gasteiger partial charge is 0.402 e. The van der Waals surface area contributed by atoms with Crippen molar-refractivity contribution in [1.82, 2.24) is 0 Å². The van der Waals surface area contributed by atoms with Gasteiger partial charge < -0.3 is 10.8 Å². The molecule has 0 amide bonds. The van der Waals surface area contributed by atoms with Crippen LogP contribution in [-0.2, 0) is 0 Å². The molecule has 1 atom stereocenters. The van der Waals surface area contributed by atoms with Crippen LogP contribution in [-0.4, -0.2) is 17.9 Å². The summed E-state index contributed by atoms with van der Waals surface area (Å²) in [6.45, 7) is -0.102. The van der Waals surface area contributed by atoms with Crippen LogP contribution in [0.3, 0.4) is 0 Å². The van der Waals surface area contributed by atoms with E-state index in [0.29, 0.717) is 11.3 Å². The number of alkyl halides is 1. The molecular formula is C7H10FNO. The molecule has 2 nitrogen and oxygen atoms in total. The first kappa shape index (κ1) is 7.28. The number of aliphatic hydroxyl groups is 1. The fraction of sp³-hybridized carbons (Fsp3) is 0.429. The SMILES string of the molecule is NC1=C(CO)C=CC(F)C1. The third-order valence-electron chi connectivity index (χ3n) is 1.50. The highest BCUT2D eigenvalue weighted by molar-refractivity contribution is 5.29. The van der Waals surface area contributed by atoms with Crippen LogP contribution in [0.2, 0.25) is 0 Å². The summed E-state index contributed by atoms with van der Waals surface area (Å²) in [7, 11) is 0. The van der Waals surface area contributed by atoms with Crippen molar-refractivity contribution in [3.05, 3.63) is 23.4 Å². The normalized spacial score (nSPS) is 25.6. The van der Waals surface area contributed by atoms with Crippen molar-refractivity contribution >= 4 is 0 Å². The highest BCUT2D eigenvalue weighted by Crippen LogP contribution is 2.16. The van der Waals surface area contributed by atoms with E-state index in [9.17, 15) is 4.39 Å². The minimum atomic E-state index is -0.977. The summed E-state index contributed by atoms with van der Waals surface area (Å²) < 4.78 is 12.5. The van der Waals surface area contributed by atoms with Crippen LogP contribution in [0.15, 0.2) is 23.4 Å². The molecule has 3 heteroatoms. The summed E-state index contributed by atoms with van der Waals surface area (Å²) >= 11 is 0. The lowest BCUT2D eigenvalue weighted by Gasteiger charge is -2.12. The molecule has 0 aromatic heterocycles. The molecule has 0 fully saturated rings. The van der Waals surface area contributed by atoms with E-state index in [-0.39, 0.29) is 13.0 Å². The number of nitrogens with two attached hydrogens (primary N) is 1. The van der Waals surface area contributed by atoms with Crippen LogP contribution < -0.4 is 5.73 Å². The Bertz CT molecular complexity index is 186. The highest BCUT2D eigenvalue weighted by Gasteiger charge is 2.11. The molecule has 0 bridgehead atoms. The first-order chi connectivity index (χ1) is 4.74. The van der Waals surface area contributed by atoms with Gasteiger partial charge >= 0.3 is 0 Å². The lowest BCUT2D eigenvalue weighted by molar-refractivity contribution is 0.328. The van der Waals surface area contributed by atoms with Gasteiger partial charge in [0.05, 0.1) is 6.61 Å². The third kappa shape index (κ3) is 1.36. The van der Waals surface area contributed by atoms with Crippen molar-refractivity contribution in [2.75, 3.05) is 6.61 Å². The monoisotopic (exact) mass is 143 g/mol. The van der Waals surface area contributed by atoms with E-state index in [0.717, 1.165) is 0 Å². The van der Waals surface area contributed by atoms with E-state index in [1.54, 1.807) is 0 Å². The predicted octanol–water partition coefficient (Wildman–Crippen LogP) is 0.489. The molecule has 1 aliphatic carbocycles. The van der Waals surface area contributed by atoms with Gasteiger partial charge in [-0.15, -0.1) is 0 Å². The Morgan fingerprint density at radius 2 is 2.50 bits per heavy atom. The second-order valence-corrected chi connectivity index (χ2v) is 2.29. The molecule has 3 N–H and O–H groups in total. The topological polar surface area (TPSA) is 46.2 Å².